The van der Waals surface area contributed by atoms with Crippen LogP contribution in [0.15, 0.2) is 24.3 Å². The van der Waals surface area contributed by atoms with Crippen LogP contribution in [0.4, 0.5) is 0 Å². The van der Waals surface area contributed by atoms with Gasteiger partial charge >= 0.3 is 0 Å². The number of ketones is 1. The van der Waals surface area contributed by atoms with E-state index >= 15 is 0 Å². The Kier molecular flexibility index (Phi) is 4.19. The van der Waals surface area contributed by atoms with Gasteiger partial charge < -0.3 is 9.72 Å². The van der Waals surface area contributed by atoms with Crippen LogP contribution in [0.5, 0.6) is 5.75 Å². The summed E-state index contributed by atoms with van der Waals surface area (Å²) in [6.07, 6.45) is 0. The van der Waals surface area contributed by atoms with Crippen LogP contribution in [-0.4, -0.2) is 17.9 Å². The lowest BCUT2D eigenvalue weighted by molar-refractivity contribution is 0.103. The number of benzene rings is 1. The number of carbonyl (C=O) groups is 1. The molecule has 1 aromatic heterocycles. The van der Waals surface area contributed by atoms with Crippen molar-refractivity contribution < 1.29 is 9.53 Å². The third kappa shape index (κ3) is 2.37. The highest BCUT2D eigenvalue weighted by atomic mass is 127. The van der Waals surface area contributed by atoms with Gasteiger partial charge in [-0.2, -0.15) is 0 Å². The highest BCUT2D eigenvalue weighted by molar-refractivity contribution is 14.1. The summed E-state index contributed by atoms with van der Waals surface area (Å²) in [6, 6.07) is 7.00. The second-order valence-corrected chi connectivity index (χ2v) is 5.31. The fourth-order valence-electron chi connectivity index (χ4n) is 1.55. The summed E-state index contributed by atoms with van der Waals surface area (Å²) in [5.74, 6) is 0.311. The van der Waals surface area contributed by atoms with E-state index in [1.54, 1.807) is 24.3 Å². The van der Waals surface area contributed by atoms with E-state index in [1.165, 1.54) is 7.11 Å². The van der Waals surface area contributed by atoms with Crippen LogP contribution in [0.25, 0.3) is 0 Å². The van der Waals surface area contributed by atoms with E-state index in [4.69, 9.17) is 27.9 Å². The van der Waals surface area contributed by atoms with Crippen molar-refractivity contribution in [1.29, 1.82) is 0 Å². The minimum Gasteiger partial charge on any atom is -0.496 e. The zero-order valence-corrected chi connectivity index (χ0v) is 12.9. The molecule has 0 spiro atoms. The summed E-state index contributed by atoms with van der Waals surface area (Å²) in [5.41, 5.74) is 0.836. The molecule has 18 heavy (non-hydrogen) atoms. The third-order valence-corrected chi connectivity index (χ3v) is 4.57. The van der Waals surface area contributed by atoms with Gasteiger partial charge in [0.25, 0.3) is 0 Å². The quantitative estimate of drug-likeness (QED) is 0.626. The maximum atomic E-state index is 12.4. The van der Waals surface area contributed by atoms with E-state index in [2.05, 4.69) is 4.98 Å². The maximum Gasteiger partial charge on any atom is 0.214 e. The lowest BCUT2D eigenvalue weighted by atomic mass is 10.1. The van der Waals surface area contributed by atoms with Crippen molar-refractivity contribution in [1.82, 2.24) is 4.98 Å². The molecule has 2 aromatic rings. The number of aromatic nitrogens is 1. The smallest absolute Gasteiger partial charge is 0.214 e. The minimum absolute atomic E-state index is 0.203. The number of aromatic amines is 1. The van der Waals surface area contributed by atoms with E-state index in [0.29, 0.717) is 25.6 Å². The predicted octanol–water partition coefficient (Wildman–Crippen LogP) is 4.17. The molecule has 0 amide bonds. The summed E-state index contributed by atoms with van der Waals surface area (Å²) in [7, 11) is 1.52. The van der Waals surface area contributed by atoms with Crippen molar-refractivity contribution in [2.45, 2.75) is 0 Å². The molecule has 94 valence electrons. The number of H-pyrrole nitrogens is 1. The summed E-state index contributed by atoms with van der Waals surface area (Å²) < 4.78 is 5.77. The number of carbonyl (C=O) groups excluding carboxylic acids is 1. The fourth-order valence-corrected chi connectivity index (χ4v) is 2.69. The van der Waals surface area contributed by atoms with Crippen molar-refractivity contribution >= 4 is 51.6 Å². The molecular weight excluding hydrogens is 388 g/mol. The Hall–Kier alpha value is -0.720. The van der Waals surface area contributed by atoms with Gasteiger partial charge in [-0.1, -0.05) is 35.3 Å². The number of methoxy groups -OCH3 is 1. The van der Waals surface area contributed by atoms with Gasteiger partial charge in [-0.3, -0.25) is 4.79 Å². The minimum atomic E-state index is -0.203. The Morgan fingerprint density at radius 1 is 1.33 bits per heavy atom. The average Bonchev–Trinajstić information content (AvgIpc) is 2.65. The van der Waals surface area contributed by atoms with E-state index in [0.717, 1.165) is 0 Å². The number of halogens is 3. The first-order valence-corrected chi connectivity index (χ1v) is 6.80. The van der Waals surface area contributed by atoms with Crippen molar-refractivity contribution in [3.63, 3.8) is 0 Å². The van der Waals surface area contributed by atoms with Gasteiger partial charge in [0.2, 0.25) is 5.78 Å². The van der Waals surface area contributed by atoms with Gasteiger partial charge in [-0.25, -0.2) is 0 Å². The van der Waals surface area contributed by atoms with E-state index in [1.807, 2.05) is 22.6 Å². The summed E-state index contributed by atoms with van der Waals surface area (Å²) in [4.78, 5) is 15.2. The Bertz CT molecular complexity index is 610. The van der Waals surface area contributed by atoms with E-state index < -0.39 is 0 Å². The molecule has 1 aromatic carbocycles. The van der Waals surface area contributed by atoms with Crippen LogP contribution in [0.2, 0.25) is 10.2 Å². The first-order chi connectivity index (χ1) is 8.56. The topological polar surface area (TPSA) is 42.1 Å². The molecule has 0 fully saturated rings. The van der Waals surface area contributed by atoms with E-state index in [9.17, 15) is 4.79 Å². The van der Waals surface area contributed by atoms with Crippen LogP contribution in [0, 0.1) is 3.57 Å². The molecule has 1 N–H and O–H groups in total. The van der Waals surface area contributed by atoms with Crippen LogP contribution < -0.4 is 4.74 Å². The number of hydrogen-bond donors (Lipinski definition) is 1. The lowest BCUT2D eigenvalue weighted by Crippen LogP contribution is -2.05. The van der Waals surface area contributed by atoms with Gasteiger partial charge in [0, 0.05) is 0 Å². The number of rotatable bonds is 3. The average molecular weight is 396 g/mol. The molecule has 1 heterocycles. The molecule has 0 atom stereocenters. The largest absolute Gasteiger partial charge is 0.496 e. The molecule has 0 saturated carbocycles. The second-order valence-electron chi connectivity index (χ2n) is 3.47. The van der Waals surface area contributed by atoms with Gasteiger partial charge in [0.05, 0.1) is 21.3 Å². The number of nitrogens with one attached hydrogen (secondary N) is 1. The molecule has 0 aliphatic carbocycles. The van der Waals surface area contributed by atoms with Gasteiger partial charge in [0.1, 0.15) is 16.6 Å². The van der Waals surface area contributed by atoms with Crippen LogP contribution in [-0.2, 0) is 0 Å². The van der Waals surface area contributed by atoms with Crippen LogP contribution in [0.3, 0.4) is 0 Å². The molecule has 2 rings (SSSR count). The van der Waals surface area contributed by atoms with Crippen LogP contribution >= 0.6 is 45.8 Å². The Morgan fingerprint density at radius 3 is 2.56 bits per heavy atom. The molecule has 3 nitrogen and oxygen atoms in total. The highest BCUT2D eigenvalue weighted by Gasteiger charge is 2.21. The molecule has 6 heteroatoms. The molecule has 0 saturated heterocycles. The van der Waals surface area contributed by atoms with Crippen molar-refractivity contribution in [2.75, 3.05) is 7.11 Å². The Labute approximate surface area is 128 Å². The molecule has 0 radical (unpaired) electrons. The highest BCUT2D eigenvalue weighted by Crippen LogP contribution is 2.32. The predicted molar refractivity (Wildman–Crippen MR) is 80.0 cm³/mol. The first-order valence-electron chi connectivity index (χ1n) is 4.96. The van der Waals surface area contributed by atoms with Gasteiger partial charge in [-0.15, -0.1) is 0 Å². The van der Waals surface area contributed by atoms with Crippen molar-refractivity contribution in [2.24, 2.45) is 0 Å². The van der Waals surface area contributed by atoms with Crippen LogP contribution in [0.1, 0.15) is 16.1 Å². The second kappa shape index (κ2) is 5.50. The maximum absolute atomic E-state index is 12.4. The zero-order valence-electron chi connectivity index (χ0n) is 9.26. The summed E-state index contributed by atoms with van der Waals surface area (Å²) in [6.45, 7) is 0. The monoisotopic (exact) mass is 395 g/mol. The van der Waals surface area contributed by atoms with Gasteiger partial charge in [0.15, 0.2) is 0 Å². The summed E-state index contributed by atoms with van der Waals surface area (Å²) >= 11 is 13.8. The fraction of sp³-hybridized carbons (Fsp3) is 0.0833. The van der Waals surface area contributed by atoms with Crippen molar-refractivity contribution in [3.05, 3.63) is 49.3 Å². The number of ether oxygens (including phenoxy) is 1. The molecular formula is C12H8Cl2INO2. The van der Waals surface area contributed by atoms with Crippen molar-refractivity contribution in [3.8, 4) is 5.75 Å². The number of hydrogen-bond acceptors (Lipinski definition) is 2. The van der Waals surface area contributed by atoms with E-state index in [-0.39, 0.29) is 10.9 Å². The molecule has 0 aliphatic rings. The molecule has 0 unspecified atom stereocenters. The SMILES string of the molecule is COc1ccccc1C(=O)c1[nH]c(Cl)c(Cl)c1I. The Morgan fingerprint density at radius 2 is 2.00 bits per heavy atom. The Balaban J connectivity index is 2.51. The molecule has 0 bridgehead atoms. The third-order valence-electron chi connectivity index (χ3n) is 2.42. The normalized spacial score (nSPS) is 10.4. The number of para-hydroxylation sites is 1. The standard InChI is InChI=1S/C12H8Cl2INO2/c1-18-7-5-3-2-4-6(7)11(17)10-9(15)8(13)12(14)16-10/h2-5,16H,1H3. The summed E-state index contributed by atoms with van der Waals surface area (Å²) in [5, 5.41) is 0.620. The van der Waals surface area contributed by atoms with Gasteiger partial charge in [-0.05, 0) is 34.7 Å². The zero-order chi connectivity index (χ0) is 13.3. The molecule has 0 aliphatic heterocycles. The first kappa shape index (κ1) is 13.7. The lowest BCUT2D eigenvalue weighted by Gasteiger charge is -2.06.